The molecular formula is C19H21N3O6S. The van der Waals surface area contributed by atoms with Crippen LogP contribution in [0.4, 0.5) is 0 Å². The Morgan fingerprint density at radius 2 is 2.03 bits per heavy atom. The van der Waals surface area contributed by atoms with Gasteiger partial charge in [-0.2, -0.15) is 0 Å². The molecule has 0 radical (unpaired) electrons. The standard InChI is InChI=1S/C19H21N3O6S/c1-19(2)16(22-14(23)8-15(22)29(19,27)28)17(24)21-13(18(25)26)7-10-9-20-12-6-4-3-5-11(10)12/h3-6,9,13,15-16,20H,7-8H2,1-2H3,(H,21,24)(H,25,26)/t13-,15-,16-/m0/s1. The molecule has 10 heteroatoms. The van der Waals surface area contributed by atoms with E-state index in [9.17, 15) is 27.9 Å². The number of para-hydroxylation sites is 1. The molecule has 3 N–H and O–H groups in total. The number of sulfone groups is 1. The first-order valence-corrected chi connectivity index (χ1v) is 10.7. The Morgan fingerprint density at radius 3 is 2.69 bits per heavy atom. The summed E-state index contributed by atoms with van der Waals surface area (Å²) in [6.45, 7) is 2.79. The highest BCUT2D eigenvalue weighted by Gasteiger charge is 2.67. The van der Waals surface area contributed by atoms with Gasteiger partial charge in [-0.1, -0.05) is 18.2 Å². The van der Waals surface area contributed by atoms with E-state index in [4.69, 9.17) is 0 Å². The van der Waals surface area contributed by atoms with Gasteiger partial charge in [-0.05, 0) is 25.5 Å². The number of β-lactam (4-membered cyclic amide) rings is 1. The lowest BCUT2D eigenvalue weighted by Crippen LogP contribution is -2.61. The lowest BCUT2D eigenvalue weighted by molar-refractivity contribution is -0.151. The summed E-state index contributed by atoms with van der Waals surface area (Å²) in [4.78, 5) is 40.9. The van der Waals surface area contributed by atoms with E-state index in [1.54, 1.807) is 6.20 Å². The number of amides is 2. The van der Waals surface area contributed by atoms with Crippen molar-refractivity contribution in [2.45, 2.75) is 48.9 Å². The average Bonchev–Trinajstić information content (AvgIpc) is 3.10. The van der Waals surface area contributed by atoms with E-state index in [0.29, 0.717) is 5.56 Å². The van der Waals surface area contributed by atoms with Crippen molar-refractivity contribution in [3.8, 4) is 0 Å². The van der Waals surface area contributed by atoms with Gasteiger partial charge in [0.15, 0.2) is 9.84 Å². The first-order chi connectivity index (χ1) is 13.6. The van der Waals surface area contributed by atoms with Gasteiger partial charge in [-0.3, -0.25) is 9.59 Å². The zero-order chi connectivity index (χ0) is 21.1. The van der Waals surface area contributed by atoms with Gasteiger partial charge in [0.1, 0.15) is 17.5 Å². The lowest BCUT2D eigenvalue weighted by Gasteiger charge is -2.37. The lowest BCUT2D eigenvalue weighted by atomic mass is 9.96. The number of benzene rings is 1. The summed E-state index contributed by atoms with van der Waals surface area (Å²) in [7, 11) is -3.74. The van der Waals surface area contributed by atoms with Crippen molar-refractivity contribution in [3.63, 3.8) is 0 Å². The highest BCUT2D eigenvalue weighted by Crippen LogP contribution is 2.45. The van der Waals surface area contributed by atoms with Crippen LogP contribution < -0.4 is 5.32 Å². The molecule has 2 aliphatic heterocycles. The second-order valence-electron chi connectivity index (χ2n) is 7.97. The summed E-state index contributed by atoms with van der Waals surface area (Å²) in [6.07, 6.45) is 1.56. The first-order valence-electron chi connectivity index (χ1n) is 9.18. The number of aromatic nitrogens is 1. The Labute approximate surface area is 167 Å². The summed E-state index contributed by atoms with van der Waals surface area (Å²) in [5, 5.41) is 11.9. The molecule has 29 heavy (non-hydrogen) atoms. The number of H-pyrrole nitrogens is 1. The highest BCUT2D eigenvalue weighted by atomic mass is 32.2. The van der Waals surface area contributed by atoms with Crippen molar-refractivity contribution in [2.24, 2.45) is 0 Å². The van der Waals surface area contributed by atoms with Gasteiger partial charge in [0, 0.05) is 23.5 Å². The van der Waals surface area contributed by atoms with Crippen LogP contribution in [0.25, 0.3) is 10.9 Å². The molecule has 154 valence electrons. The van der Waals surface area contributed by atoms with Crippen molar-refractivity contribution < 1.29 is 27.9 Å². The van der Waals surface area contributed by atoms with Crippen LogP contribution in [-0.2, 0) is 30.6 Å². The number of hydrogen-bond acceptors (Lipinski definition) is 5. The average molecular weight is 419 g/mol. The molecule has 4 rings (SSSR count). The van der Waals surface area contributed by atoms with E-state index < -0.39 is 49.8 Å². The van der Waals surface area contributed by atoms with Crippen LogP contribution in [0.2, 0.25) is 0 Å². The van der Waals surface area contributed by atoms with Crippen LogP contribution in [0.15, 0.2) is 30.5 Å². The molecule has 2 aromatic rings. The molecule has 1 aromatic heterocycles. The van der Waals surface area contributed by atoms with Crippen molar-refractivity contribution in [3.05, 3.63) is 36.0 Å². The Hall–Kier alpha value is -2.88. The van der Waals surface area contributed by atoms with Gasteiger partial charge in [0.2, 0.25) is 11.8 Å². The minimum absolute atomic E-state index is 0.0162. The molecule has 2 saturated heterocycles. The Bertz CT molecular complexity index is 1140. The predicted octanol–water partition coefficient (Wildman–Crippen LogP) is 0.414. The SMILES string of the molecule is CC1(C)[C@H](C(=O)N[C@@H](Cc2c[nH]c3ccccc23)C(=O)O)N2C(=O)C[C@@H]2S1(=O)=O. The van der Waals surface area contributed by atoms with Crippen LogP contribution >= 0.6 is 0 Å². The van der Waals surface area contributed by atoms with Gasteiger partial charge < -0.3 is 20.3 Å². The molecule has 2 amide bonds. The fourth-order valence-corrected chi connectivity index (χ4v) is 6.36. The first kappa shape index (κ1) is 19.4. The Kier molecular flexibility index (Phi) is 4.23. The molecule has 0 bridgehead atoms. The third kappa shape index (κ3) is 2.73. The quantitative estimate of drug-likeness (QED) is 0.601. The molecule has 2 aliphatic rings. The maximum atomic E-state index is 13.0. The molecule has 0 unspecified atom stereocenters. The van der Waals surface area contributed by atoms with Crippen molar-refractivity contribution in [2.75, 3.05) is 0 Å². The van der Waals surface area contributed by atoms with Crippen LogP contribution in [-0.4, -0.2) is 63.4 Å². The van der Waals surface area contributed by atoms with Crippen LogP contribution in [0.3, 0.4) is 0 Å². The normalized spacial score (nSPS) is 25.3. The number of hydrogen-bond donors (Lipinski definition) is 3. The third-order valence-electron chi connectivity index (χ3n) is 5.94. The van der Waals surface area contributed by atoms with E-state index in [1.165, 1.54) is 13.8 Å². The van der Waals surface area contributed by atoms with E-state index in [2.05, 4.69) is 10.3 Å². The van der Waals surface area contributed by atoms with E-state index >= 15 is 0 Å². The smallest absolute Gasteiger partial charge is 0.326 e. The summed E-state index contributed by atoms with van der Waals surface area (Å²) in [5.74, 6) is -2.44. The minimum Gasteiger partial charge on any atom is -0.480 e. The molecule has 9 nitrogen and oxygen atoms in total. The molecule has 0 spiro atoms. The minimum atomic E-state index is -3.74. The Balaban J connectivity index is 1.60. The molecule has 3 atom stereocenters. The molecule has 2 fully saturated rings. The number of carboxylic acid groups (broad SMARTS) is 1. The van der Waals surface area contributed by atoms with Crippen LogP contribution in [0.5, 0.6) is 0 Å². The fourth-order valence-electron chi connectivity index (χ4n) is 4.23. The predicted molar refractivity (Wildman–Crippen MR) is 104 cm³/mol. The monoisotopic (exact) mass is 419 g/mol. The number of carboxylic acids is 1. The van der Waals surface area contributed by atoms with Crippen molar-refractivity contribution >= 4 is 38.5 Å². The van der Waals surface area contributed by atoms with Gasteiger partial charge in [-0.25, -0.2) is 13.2 Å². The summed E-state index contributed by atoms with van der Waals surface area (Å²) in [6, 6.07) is 4.85. The molecule has 1 aromatic carbocycles. The van der Waals surface area contributed by atoms with Crippen LogP contribution in [0, 0.1) is 0 Å². The number of aromatic amines is 1. The zero-order valence-corrected chi connectivity index (χ0v) is 16.7. The van der Waals surface area contributed by atoms with Gasteiger partial charge in [-0.15, -0.1) is 0 Å². The fraction of sp³-hybridized carbons (Fsp3) is 0.421. The van der Waals surface area contributed by atoms with E-state index in [1.807, 2.05) is 24.3 Å². The maximum absolute atomic E-state index is 13.0. The Morgan fingerprint density at radius 1 is 1.34 bits per heavy atom. The van der Waals surface area contributed by atoms with Crippen molar-refractivity contribution in [1.29, 1.82) is 0 Å². The van der Waals surface area contributed by atoms with Crippen LogP contribution in [0.1, 0.15) is 25.8 Å². The van der Waals surface area contributed by atoms with Gasteiger partial charge in [0.05, 0.1) is 11.2 Å². The van der Waals surface area contributed by atoms with Gasteiger partial charge >= 0.3 is 5.97 Å². The largest absolute Gasteiger partial charge is 0.480 e. The molecule has 0 aliphatic carbocycles. The number of aliphatic carboxylic acids is 1. The van der Waals surface area contributed by atoms with Gasteiger partial charge in [0.25, 0.3) is 0 Å². The number of carbonyl (C=O) groups excluding carboxylic acids is 2. The highest BCUT2D eigenvalue weighted by molar-refractivity contribution is 7.93. The second kappa shape index (κ2) is 6.31. The van der Waals surface area contributed by atoms with E-state index in [0.717, 1.165) is 15.8 Å². The number of fused-ring (bicyclic) bond motifs is 2. The number of rotatable bonds is 5. The summed E-state index contributed by atoms with van der Waals surface area (Å²) >= 11 is 0. The third-order valence-corrected chi connectivity index (χ3v) is 8.74. The molecular weight excluding hydrogens is 398 g/mol. The second-order valence-corrected chi connectivity index (χ2v) is 10.7. The van der Waals surface area contributed by atoms with E-state index in [-0.39, 0.29) is 12.8 Å². The number of nitrogens with zero attached hydrogens (tertiary/aromatic N) is 1. The zero-order valence-electron chi connectivity index (χ0n) is 15.9. The molecule has 3 heterocycles. The topological polar surface area (TPSA) is 137 Å². The number of carbonyl (C=O) groups is 3. The molecule has 0 saturated carbocycles. The summed E-state index contributed by atoms with van der Waals surface area (Å²) < 4.78 is 23.8. The summed E-state index contributed by atoms with van der Waals surface area (Å²) in [5.41, 5.74) is 1.56. The van der Waals surface area contributed by atoms with Crippen molar-refractivity contribution in [1.82, 2.24) is 15.2 Å². The maximum Gasteiger partial charge on any atom is 0.326 e. The number of nitrogens with one attached hydrogen (secondary N) is 2.